The molecule has 0 radical (unpaired) electrons. The summed E-state index contributed by atoms with van der Waals surface area (Å²) in [4.78, 5) is 17.0. The molecule has 0 fully saturated rings. The van der Waals surface area contributed by atoms with Crippen molar-refractivity contribution >= 4 is 23.2 Å². The summed E-state index contributed by atoms with van der Waals surface area (Å²) >= 11 is 5.84. The molecule has 176 valence electrons. The van der Waals surface area contributed by atoms with Crippen molar-refractivity contribution < 1.29 is 32.2 Å². The minimum absolute atomic E-state index is 0.0342. The number of esters is 1. The molecule has 4 rings (SSSR count). The summed E-state index contributed by atoms with van der Waals surface area (Å²) < 4.78 is 57.7. The minimum atomic E-state index is -4.76. The predicted octanol–water partition coefficient (Wildman–Crippen LogP) is 5.44. The Kier molecular flexibility index (Phi) is 6.34. The van der Waals surface area contributed by atoms with Gasteiger partial charge in [0.1, 0.15) is 12.2 Å². The molecule has 0 atom stereocenters. The normalized spacial score (nSPS) is 11.5. The quantitative estimate of drug-likeness (QED) is 0.334. The van der Waals surface area contributed by atoms with E-state index in [0.717, 1.165) is 12.3 Å². The summed E-state index contributed by atoms with van der Waals surface area (Å²) in [5, 5.41) is 4.26. The van der Waals surface area contributed by atoms with Crippen LogP contribution in [0.3, 0.4) is 0 Å². The maximum Gasteiger partial charge on any atom is 0.433 e. The van der Waals surface area contributed by atoms with Gasteiger partial charge in [-0.3, -0.25) is 0 Å². The van der Waals surface area contributed by atoms with Crippen LogP contribution in [0.1, 0.15) is 21.6 Å². The van der Waals surface area contributed by atoms with E-state index in [1.807, 2.05) is 0 Å². The molecule has 2 aromatic carbocycles. The van der Waals surface area contributed by atoms with Crippen LogP contribution in [-0.2, 0) is 17.5 Å². The first-order valence-corrected chi connectivity index (χ1v) is 10.2. The number of ether oxygens (including phenoxy) is 3. The maximum absolute atomic E-state index is 13.8. The second-order valence-corrected chi connectivity index (χ2v) is 7.53. The highest BCUT2D eigenvalue weighted by atomic mass is 35.5. The van der Waals surface area contributed by atoms with Crippen molar-refractivity contribution in [1.29, 1.82) is 0 Å². The smallest absolute Gasteiger partial charge is 0.433 e. The van der Waals surface area contributed by atoms with E-state index in [0.29, 0.717) is 32.2 Å². The Morgan fingerprint density at radius 2 is 1.74 bits per heavy atom. The first kappa shape index (κ1) is 23.4. The Hall–Kier alpha value is -3.79. The lowest BCUT2D eigenvalue weighted by atomic mass is 10.1. The summed E-state index contributed by atoms with van der Waals surface area (Å²) in [7, 11) is 2.85. The monoisotopic (exact) mass is 491 g/mol. The largest absolute Gasteiger partial charge is 0.493 e. The van der Waals surface area contributed by atoms with Crippen LogP contribution in [0.15, 0.2) is 54.7 Å². The van der Waals surface area contributed by atoms with E-state index in [4.69, 9.17) is 25.8 Å². The van der Waals surface area contributed by atoms with E-state index in [1.54, 1.807) is 30.3 Å². The van der Waals surface area contributed by atoms with E-state index in [-0.39, 0.29) is 23.5 Å². The molecule has 0 saturated carbocycles. The Morgan fingerprint density at radius 1 is 1.03 bits per heavy atom. The predicted molar refractivity (Wildman–Crippen MR) is 117 cm³/mol. The maximum atomic E-state index is 13.8. The molecule has 2 aromatic heterocycles. The van der Waals surface area contributed by atoms with Crippen molar-refractivity contribution in [2.75, 3.05) is 14.2 Å². The lowest BCUT2D eigenvalue weighted by molar-refractivity contribution is -0.142. The number of alkyl halides is 3. The van der Waals surface area contributed by atoms with Crippen molar-refractivity contribution in [3.63, 3.8) is 0 Å². The average molecular weight is 492 g/mol. The number of hydrogen-bond acceptors (Lipinski definition) is 6. The number of methoxy groups -OCH3 is 2. The topological polar surface area (TPSA) is 75.0 Å². The molecule has 0 bridgehead atoms. The van der Waals surface area contributed by atoms with Crippen molar-refractivity contribution in [2.24, 2.45) is 0 Å². The second-order valence-electron chi connectivity index (χ2n) is 7.09. The Morgan fingerprint density at radius 3 is 2.38 bits per heavy atom. The van der Waals surface area contributed by atoms with Gasteiger partial charge in [-0.15, -0.1) is 0 Å². The number of benzene rings is 2. The molecule has 7 nitrogen and oxygen atoms in total. The fraction of sp³-hybridized carbons (Fsp3) is 0.174. The summed E-state index contributed by atoms with van der Waals surface area (Å²) in [6.45, 7) is -0.102. The Balaban J connectivity index is 1.76. The third kappa shape index (κ3) is 4.62. The van der Waals surface area contributed by atoms with Crippen LogP contribution in [0.4, 0.5) is 13.2 Å². The first-order valence-electron chi connectivity index (χ1n) is 9.81. The number of carbonyl (C=O) groups is 1. The van der Waals surface area contributed by atoms with Gasteiger partial charge in [0.2, 0.25) is 0 Å². The van der Waals surface area contributed by atoms with Gasteiger partial charge in [-0.25, -0.2) is 14.3 Å². The van der Waals surface area contributed by atoms with Crippen LogP contribution in [0.2, 0.25) is 5.02 Å². The molecular formula is C23H17ClF3N3O4. The van der Waals surface area contributed by atoms with Gasteiger partial charge in [0.25, 0.3) is 0 Å². The lowest BCUT2D eigenvalue weighted by Gasteiger charge is -2.13. The van der Waals surface area contributed by atoms with E-state index in [1.165, 1.54) is 26.4 Å². The Labute approximate surface area is 196 Å². The summed E-state index contributed by atoms with van der Waals surface area (Å²) in [6, 6.07) is 12.0. The highest BCUT2D eigenvalue weighted by Gasteiger charge is 2.36. The van der Waals surface area contributed by atoms with Crippen LogP contribution in [-0.4, -0.2) is 34.8 Å². The number of halogens is 4. The molecule has 0 amide bonds. The third-order valence-corrected chi connectivity index (χ3v) is 5.20. The van der Waals surface area contributed by atoms with Gasteiger partial charge in [0.05, 0.1) is 26.1 Å². The van der Waals surface area contributed by atoms with Gasteiger partial charge in [-0.2, -0.15) is 18.3 Å². The highest BCUT2D eigenvalue weighted by molar-refractivity contribution is 6.30. The van der Waals surface area contributed by atoms with Crippen LogP contribution >= 0.6 is 11.6 Å². The van der Waals surface area contributed by atoms with Crippen LogP contribution in [0.5, 0.6) is 11.5 Å². The summed E-state index contributed by atoms with van der Waals surface area (Å²) in [6.07, 6.45) is -3.76. The standard InChI is InChI=1S/C23H17ClF3N3O4/c1-32-18-8-5-14(9-19(18)33-2)17-10-20(23(25,26)27)30-21(29-17)16(11-28-30)22(31)34-12-13-3-6-15(24)7-4-13/h3-11H,12H2,1-2H3. The van der Waals surface area contributed by atoms with Gasteiger partial charge < -0.3 is 14.2 Å². The highest BCUT2D eigenvalue weighted by Crippen LogP contribution is 2.35. The molecule has 4 aromatic rings. The molecule has 0 saturated heterocycles. The summed E-state index contributed by atoms with van der Waals surface area (Å²) in [5.74, 6) is -0.152. The van der Waals surface area contributed by atoms with Gasteiger partial charge in [0, 0.05) is 10.6 Å². The SMILES string of the molecule is COc1ccc(-c2cc(C(F)(F)F)n3ncc(C(=O)OCc4ccc(Cl)cc4)c3n2)cc1OC. The molecule has 0 N–H and O–H groups in total. The zero-order valence-electron chi connectivity index (χ0n) is 17.9. The fourth-order valence-corrected chi connectivity index (χ4v) is 3.39. The molecule has 0 aliphatic rings. The number of aromatic nitrogens is 3. The molecule has 0 aliphatic heterocycles. The second kappa shape index (κ2) is 9.22. The third-order valence-electron chi connectivity index (χ3n) is 4.94. The first-order chi connectivity index (χ1) is 16.2. The molecule has 2 heterocycles. The molecule has 0 aliphatic carbocycles. The van der Waals surface area contributed by atoms with E-state index in [2.05, 4.69) is 10.1 Å². The fourth-order valence-electron chi connectivity index (χ4n) is 3.26. The molecule has 0 spiro atoms. The number of rotatable bonds is 6. The van der Waals surface area contributed by atoms with E-state index < -0.39 is 17.8 Å². The number of fused-ring (bicyclic) bond motifs is 1. The zero-order chi connectivity index (χ0) is 24.5. The van der Waals surface area contributed by atoms with Crippen molar-refractivity contribution in [2.45, 2.75) is 12.8 Å². The van der Waals surface area contributed by atoms with Gasteiger partial charge in [0.15, 0.2) is 22.8 Å². The average Bonchev–Trinajstić information content (AvgIpc) is 3.25. The van der Waals surface area contributed by atoms with Crippen molar-refractivity contribution in [3.05, 3.63) is 76.6 Å². The molecular weight excluding hydrogens is 475 g/mol. The molecule has 34 heavy (non-hydrogen) atoms. The molecule has 0 unspecified atom stereocenters. The summed E-state index contributed by atoms with van der Waals surface area (Å²) in [5.41, 5.74) is -0.647. The van der Waals surface area contributed by atoms with Crippen molar-refractivity contribution in [1.82, 2.24) is 14.6 Å². The van der Waals surface area contributed by atoms with Crippen LogP contribution in [0, 0.1) is 0 Å². The van der Waals surface area contributed by atoms with Gasteiger partial charge in [-0.05, 0) is 42.0 Å². The van der Waals surface area contributed by atoms with Crippen LogP contribution < -0.4 is 9.47 Å². The minimum Gasteiger partial charge on any atom is -0.493 e. The van der Waals surface area contributed by atoms with Gasteiger partial charge >= 0.3 is 12.1 Å². The number of nitrogens with zero attached hydrogens (tertiary/aromatic N) is 3. The lowest BCUT2D eigenvalue weighted by Crippen LogP contribution is -2.14. The Bertz CT molecular complexity index is 1350. The number of carbonyl (C=O) groups excluding carboxylic acids is 1. The van der Waals surface area contributed by atoms with Crippen LogP contribution in [0.25, 0.3) is 16.9 Å². The van der Waals surface area contributed by atoms with E-state index >= 15 is 0 Å². The van der Waals surface area contributed by atoms with Crippen molar-refractivity contribution in [3.8, 4) is 22.8 Å². The van der Waals surface area contributed by atoms with E-state index in [9.17, 15) is 18.0 Å². The zero-order valence-corrected chi connectivity index (χ0v) is 18.6. The number of hydrogen-bond donors (Lipinski definition) is 0. The van der Waals surface area contributed by atoms with Gasteiger partial charge in [-0.1, -0.05) is 23.7 Å². The molecule has 11 heteroatoms.